The molecule has 6 heteroatoms. The SMILES string of the molecule is Cc1csc(=O)n1CCC(=O)NCc1ccc(CN2CCC(C)CC2)cc1. The van der Waals surface area contributed by atoms with Crippen molar-refractivity contribution in [3.8, 4) is 0 Å². The number of rotatable bonds is 7. The van der Waals surface area contributed by atoms with Gasteiger partial charge < -0.3 is 9.88 Å². The average Bonchev–Trinajstić information content (AvgIpc) is 2.99. The summed E-state index contributed by atoms with van der Waals surface area (Å²) >= 11 is 1.18. The molecule has 0 aliphatic carbocycles. The standard InChI is InChI=1S/C21H29N3O2S/c1-16-7-10-23(11-8-16)14-19-5-3-18(4-6-19)13-22-20(25)9-12-24-17(2)15-27-21(24)26/h3-6,15-16H,7-14H2,1-2H3,(H,22,25). The summed E-state index contributed by atoms with van der Waals surface area (Å²) in [4.78, 5) is 26.2. The van der Waals surface area contributed by atoms with Crippen LogP contribution in [0.3, 0.4) is 0 Å². The van der Waals surface area contributed by atoms with Crippen LogP contribution in [-0.4, -0.2) is 28.5 Å². The van der Waals surface area contributed by atoms with Gasteiger partial charge in [-0.3, -0.25) is 14.5 Å². The number of carbonyl (C=O) groups excluding carboxylic acids is 1. The zero-order valence-corrected chi connectivity index (χ0v) is 17.1. The van der Waals surface area contributed by atoms with E-state index < -0.39 is 0 Å². The minimum Gasteiger partial charge on any atom is -0.352 e. The van der Waals surface area contributed by atoms with Gasteiger partial charge in [0.2, 0.25) is 5.91 Å². The molecule has 0 radical (unpaired) electrons. The third-order valence-electron chi connectivity index (χ3n) is 5.33. The number of aromatic nitrogens is 1. The minimum atomic E-state index is -0.0287. The van der Waals surface area contributed by atoms with E-state index in [0.717, 1.165) is 23.7 Å². The van der Waals surface area contributed by atoms with Crippen molar-refractivity contribution in [2.75, 3.05) is 13.1 Å². The monoisotopic (exact) mass is 387 g/mol. The van der Waals surface area contributed by atoms with Crippen molar-refractivity contribution in [3.05, 3.63) is 56.1 Å². The fraction of sp³-hybridized carbons (Fsp3) is 0.524. The highest BCUT2D eigenvalue weighted by Gasteiger charge is 2.15. The van der Waals surface area contributed by atoms with E-state index in [1.54, 1.807) is 4.57 Å². The van der Waals surface area contributed by atoms with Gasteiger partial charge in [0.25, 0.3) is 0 Å². The summed E-state index contributed by atoms with van der Waals surface area (Å²) in [6, 6.07) is 8.51. The number of aryl methyl sites for hydroxylation is 1. The zero-order chi connectivity index (χ0) is 19.2. The molecule has 1 fully saturated rings. The van der Waals surface area contributed by atoms with Crippen LogP contribution in [0, 0.1) is 12.8 Å². The maximum atomic E-state index is 12.1. The molecule has 5 nitrogen and oxygen atoms in total. The number of hydrogen-bond acceptors (Lipinski definition) is 4. The van der Waals surface area contributed by atoms with Crippen molar-refractivity contribution in [3.63, 3.8) is 0 Å². The maximum absolute atomic E-state index is 12.1. The van der Waals surface area contributed by atoms with Gasteiger partial charge in [0.1, 0.15) is 0 Å². The molecule has 0 spiro atoms. The van der Waals surface area contributed by atoms with Gasteiger partial charge >= 0.3 is 4.87 Å². The first-order chi connectivity index (χ1) is 13.0. The van der Waals surface area contributed by atoms with Gasteiger partial charge in [-0.05, 0) is 49.9 Å². The Labute approximate surface area is 165 Å². The second kappa shape index (κ2) is 9.33. The smallest absolute Gasteiger partial charge is 0.307 e. The molecule has 0 atom stereocenters. The number of amides is 1. The van der Waals surface area contributed by atoms with E-state index in [0.29, 0.717) is 19.5 Å². The van der Waals surface area contributed by atoms with E-state index >= 15 is 0 Å². The molecule has 2 heterocycles. The minimum absolute atomic E-state index is 0.000878. The predicted octanol–water partition coefficient (Wildman–Crippen LogP) is 3.16. The molecular formula is C21H29N3O2S. The average molecular weight is 388 g/mol. The molecule has 0 bridgehead atoms. The van der Waals surface area contributed by atoms with Crippen LogP contribution < -0.4 is 10.2 Å². The van der Waals surface area contributed by atoms with Crippen LogP contribution >= 0.6 is 11.3 Å². The maximum Gasteiger partial charge on any atom is 0.307 e. The van der Waals surface area contributed by atoms with Crippen LogP contribution in [0.2, 0.25) is 0 Å². The van der Waals surface area contributed by atoms with E-state index in [-0.39, 0.29) is 10.8 Å². The lowest BCUT2D eigenvalue weighted by Gasteiger charge is -2.30. The number of hydrogen-bond donors (Lipinski definition) is 1. The van der Waals surface area contributed by atoms with Crippen molar-refractivity contribution in [2.24, 2.45) is 5.92 Å². The molecule has 0 saturated carbocycles. The highest BCUT2D eigenvalue weighted by Crippen LogP contribution is 2.18. The van der Waals surface area contributed by atoms with Gasteiger partial charge in [-0.2, -0.15) is 0 Å². The number of benzene rings is 1. The molecular weight excluding hydrogens is 358 g/mol. The lowest BCUT2D eigenvalue weighted by Crippen LogP contribution is -2.32. The first kappa shape index (κ1) is 19.8. The third kappa shape index (κ3) is 5.78. The Morgan fingerprint density at radius 1 is 1.19 bits per heavy atom. The second-order valence-corrected chi connectivity index (χ2v) is 8.42. The molecule has 1 N–H and O–H groups in total. The number of carbonyl (C=O) groups is 1. The van der Waals surface area contributed by atoms with Crippen molar-refractivity contribution < 1.29 is 4.79 Å². The summed E-state index contributed by atoms with van der Waals surface area (Å²) in [5.74, 6) is 0.827. The number of nitrogens with one attached hydrogen (secondary N) is 1. The van der Waals surface area contributed by atoms with Gasteiger partial charge in [0.05, 0.1) is 0 Å². The van der Waals surface area contributed by atoms with Gasteiger partial charge in [0, 0.05) is 37.1 Å². The van der Waals surface area contributed by atoms with Crippen LogP contribution in [0.4, 0.5) is 0 Å². The fourth-order valence-electron chi connectivity index (χ4n) is 3.42. The van der Waals surface area contributed by atoms with Gasteiger partial charge in [-0.15, -0.1) is 0 Å². The molecule has 2 aromatic rings. The Bertz CT molecular complexity index is 802. The Morgan fingerprint density at radius 2 is 1.85 bits per heavy atom. The molecule has 0 unspecified atom stereocenters. The van der Waals surface area contributed by atoms with Crippen LogP contribution in [0.15, 0.2) is 34.4 Å². The Hall–Kier alpha value is -1.92. The molecule has 1 aromatic carbocycles. The van der Waals surface area contributed by atoms with Crippen molar-refractivity contribution in [2.45, 2.75) is 52.7 Å². The molecule has 146 valence electrons. The first-order valence-electron chi connectivity index (χ1n) is 9.73. The summed E-state index contributed by atoms with van der Waals surface area (Å²) in [5.41, 5.74) is 3.34. The van der Waals surface area contributed by atoms with Crippen molar-refractivity contribution in [1.29, 1.82) is 0 Å². The fourth-order valence-corrected chi connectivity index (χ4v) is 4.18. The number of thiazole rings is 1. The van der Waals surface area contributed by atoms with E-state index in [4.69, 9.17) is 0 Å². The summed E-state index contributed by atoms with van der Waals surface area (Å²) < 4.78 is 1.65. The largest absolute Gasteiger partial charge is 0.352 e. The zero-order valence-electron chi connectivity index (χ0n) is 16.2. The highest BCUT2D eigenvalue weighted by molar-refractivity contribution is 7.07. The Kier molecular flexibility index (Phi) is 6.85. The van der Waals surface area contributed by atoms with E-state index in [1.165, 1.54) is 42.8 Å². The summed E-state index contributed by atoms with van der Waals surface area (Å²) in [5, 5.41) is 4.77. The number of likely N-dealkylation sites (tertiary alicyclic amines) is 1. The lowest BCUT2D eigenvalue weighted by atomic mass is 9.99. The quantitative estimate of drug-likeness (QED) is 0.794. The number of nitrogens with zero attached hydrogens (tertiary/aromatic N) is 2. The Balaban J connectivity index is 1.41. The molecule has 1 aliphatic heterocycles. The van der Waals surface area contributed by atoms with Crippen molar-refractivity contribution >= 4 is 17.2 Å². The summed E-state index contributed by atoms with van der Waals surface area (Å²) in [7, 11) is 0. The third-order valence-corrected chi connectivity index (χ3v) is 6.21. The van der Waals surface area contributed by atoms with Gasteiger partial charge in [-0.1, -0.05) is 42.5 Å². The molecule has 1 amide bonds. The lowest BCUT2D eigenvalue weighted by molar-refractivity contribution is -0.121. The molecule has 3 rings (SSSR count). The molecule has 27 heavy (non-hydrogen) atoms. The van der Waals surface area contributed by atoms with Crippen LogP contribution in [0.5, 0.6) is 0 Å². The normalized spacial score (nSPS) is 15.8. The van der Waals surface area contributed by atoms with Gasteiger partial charge in [-0.25, -0.2) is 0 Å². The van der Waals surface area contributed by atoms with Gasteiger partial charge in [0.15, 0.2) is 0 Å². The van der Waals surface area contributed by atoms with E-state index in [1.807, 2.05) is 12.3 Å². The molecule has 1 aliphatic rings. The first-order valence-corrected chi connectivity index (χ1v) is 10.6. The number of piperidine rings is 1. The van der Waals surface area contributed by atoms with Crippen LogP contribution in [0.25, 0.3) is 0 Å². The van der Waals surface area contributed by atoms with Crippen LogP contribution in [-0.2, 0) is 24.4 Å². The summed E-state index contributed by atoms with van der Waals surface area (Å²) in [6.07, 6.45) is 2.91. The predicted molar refractivity (Wildman–Crippen MR) is 110 cm³/mol. The van der Waals surface area contributed by atoms with Crippen LogP contribution in [0.1, 0.15) is 43.0 Å². The highest BCUT2D eigenvalue weighted by atomic mass is 32.1. The van der Waals surface area contributed by atoms with Crippen molar-refractivity contribution in [1.82, 2.24) is 14.8 Å². The second-order valence-electron chi connectivity index (χ2n) is 7.60. The molecule has 1 aromatic heterocycles. The summed E-state index contributed by atoms with van der Waals surface area (Å²) in [6.45, 7) is 8.57. The van der Waals surface area contributed by atoms with E-state index in [9.17, 15) is 9.59 Å². The molecule has 1 saturated heterocycles. The topological polar surface area (TPSA) is 54.3 Å². The van der Waals surface area contributed by atoms with E-state index in [2.05, 4.69) is 41.4 Å². The Morgan fingerprint density at radius 3 is 2.48 bits per heavy atom.